The van der Waals surface area contributed by atoms with Crippen molar-refractivity contribution in [3.8, 4) is 11.5 Å². The molecule has 140 valence electrons. The van der Waals surface area contributed by atoms with Gasteiger partial charge in [0, 0.05) is 30.7 Å². The Morgan fingerprint density at radius 3 is 2.74 bits per heavy atom. The van der Waals surface area contributed by atoms with Crippen LogP contribution in [0.5, 0.6) is 11.5 Å². The molecule has 3 atom stereocenters. The third-order valence-corrected chi connectivity index (χ3v) is 6.83. The van der Waals surface area contributed by atoms with E-state index in [0.29, 0.717) is 29.7 Å². The average Bonchev–Trinajstić information content (AvgIpc) is 3.34. The molecule has 4 saturated heterocycles. The van der Waals surface area contributed by atoms with Crippen LogP contribution in [-0.4, -0.2) is 48.4 Å². The summed E-state index contributed by atoms with van der Waals surface area (Å²) in [6, 6.07) is 10.2. The fraction of sp³-hybridized carbons (Fsp3) is 0.476. The SMILES string of the molecule is Fc1cccnc1N1C[C@@H](c2ccc3c(c2)OCO3)[C@@H]2[C@H]1C1CCN2CC1. The molecule has 0 saturated carbocycles. The van der Waals surface area contributed by atoms with Crippen LogP contribution in [0.4, 0.5) is 10.2 Å². The minimum absolute atomic E-state index is 0.223. The molecule has 0 aliphatic carbocycles. The lowest BCUT2D eigenvalue weighted by molar-refractivity contribution is 0.0353. The van der Waals surface area contributed by atoms with E-state index in [1.165, 1.54) is 24.5 Å². The Balaban J connectivity index is 1.43. The monoisotopic (exact) mass is 367 g/mol. The first-order valence-corrected chi connectivity index (χ1v) is 9.80. The van der Waals surface area contributed by atoms with Gasteiger partial charge in [-0.05, 0) is 61.7 Å². The van der Waals surface area contributed by atoms with Crippen molar-refractivity contribution in [1.82, 2.24) is 9.88 Å². The van der Waals surface area contributed by atoms with Crippen LogP contribution < -0.4 is 14.4 Å². The number of pyridine rings is 1. The number of hydrogen-bond acceptors (Lipinski definition) is 5. The van der Waals surface area contributed by atoms with Gasteiger partial charge >= 0.3 is 0 Å². The van der Waals surface area contributed by atoms with Gasteiger partial charge < -0.3 is 14.4 Å². The molecule has 7 rings (SSSR count). The first-order valence-electron chi connectivity index (χ1n) is 9.80. The number of rotatable bonds is 2. The summed E-state index contributed by atoms with van der Waals surface area (Å²) in [6.07, 6.45) is 4.09. The van der Waals surface area contributed by atoms with Crippen LogP contribution in [0.1, 0.15) is 24.3 Å². The molecule has 5 nitrogen and oxygen atoms in total. The van der Waals surface area contributed by atoms with Crippen molar-refractivity contribution < 1.29 is 13.9 Å². The molecule has 0 N–H and O–H groups in total. The normalized spacial score (nSPS) is 33.4. The van der Waals surface area contributed by atoms with E-state index >= 15 is 0 Å². The van der Waals surface area contributed by atoms with Gasteiger partial charge in [0.25, 0.3) is 0 Å². The van der Waals surface area contributed by atoms with Gasteiger partial charge in [-0.1, -0.05) is 6.07 Å². The highest BCUT2D eigenvalue weighted by atomic mass is 19.1. The third-order valence-electron chi connectivity index (χ3n) is 6.83. The second-order valence-electron chi connectivity index (χ2n) is 8.03. The number of ether oxygens (including phenoxy) is 2. The Hall–Kier alpha value is -2.34. The molecule has 2 aromatic rings. The van der Waals surface area contributed by atoms with Crippen molar-refractivity contribution in [1.29, 1.82) is 0 Å². The molecule has 0 unspecified atom stereocenters. The summed E-state index contributed by atoms with van der Waals surface area (Å²) in [6.45, 7) is 3.36. The molecule has 2 bridgehead atoms. The number of anilines is 1. The molecule has 0 radical (unpaired) electrons. The van der Waals surface area contributed by atoms with Crippen molar-refractivity contribution in [3.63, 3.8) is 0 Å². The molecule has 0 amide bonds. The molecule has 1 aromatic heterocycles. The van der Waals surface area contributed by atoms with Crippen molar-refractivity contribution in [3.05, 3.63) is 47.9 Å². The molecule has 0 spiro atoms. The Morgan fingerprint density at radius 1 is 1.04 bits per heavy atom. The van der Waals surface area contributed by atoms with Crippen LogP contribution in [0.3, 0.4) is 0 Å². The van der Waals surface area contributed by atoms with E-state index in [2.05, 4.69) is 26.9 Å². The molecule has 6 heteroatoms. The number of nitrogens with zero attached hydrogens (tertiary/aromatic N) is 3. The summed E-state index contributed by atoms with van der Waals surface area (Å²) in [5.41, 5.74) is 1.25. The number of fused-ring (bicyclic) bond motifs is 3. The second-order valence-corrected chi connectivity index (χ2v) is 8.03. The summed E-state index contributed by atoms with van der Waals surface area (Å²) in [5.74, 6) is 2.84. The van der Waals surface area contributed by atoms with Gasteiger partial charge in [-0.2, -0.15) is 0 Å². The maximum absolute atomic E-state index is 14.6. The Labute approximate surface area is 157 Å². The second kappa shape index (κ2) is 5.83. The van der Waals surface area contributed by atoms with Gasteiger partial charge in [-0.3, -0.25) is 4.90 Å². The Bertz CT molecular complexity index is 883. The van der Waals surface area contributed by atoms with Crippen LogP contribution in [-0.2, 0) is 0 Å². The summed E-state index contributed by atoms with van der Waals surface area (Å²) in [5, 5.41) is 0. The zero-order chi connectivity index (χ0) is 18.0. The lowest BCUT2D eigenvalue weighted by atomic mass is 9.75. The highest BCUT2D eigenvalue weighted by Crippen LogP contribution is 2.49. The van der Waals surface area contributed by atoms with Crippen molar-refractivity contribution in [2.75, 3.05) is 31.3 Å². The van der Waals surface area contributed by atoms with E-state index in [4.69, 9.17) is 9.47 Å². The predicted molar refractivity (Wildman–Crippen MR) is 98.7 cm³/mol. The Kier molecular flexibility index (Phi) is 3.39. The first-order chi connectivity index (χ1) is 13.3. The van der Waals surface area contributed by atoms with E-state index in [9.17, 15) is 4.39 Å². The zero-order valence-corrected chi connectivity index (χ0v) is 15.1. The predicted octanol–water partition coefficient (Wildman–Crippen LogP) is 3.02. The van der Waals surface area contributed by atoms with Crippen molar-refractivity contribution in [2.45, 2.75) is 30.8 Å². The number of aromatic nitrogens is 1. The molecular weight excluding hydrogens is 345 g/mol. The number of benzene rings is 1. The molecule has 5 aliphatic rings. The fourth-order valence-corrected chi connectivity index (χ4v) is 5.69. The first kappa shape index (κ1) is 15.7. The molecule has 6 heterocycles. The van der Waals surface area contributed by atoms with E-state index in [1.807, 2.05) is 6.07 Å². The molecular formula is C21H22FN3O2. The van der Waals surface area contributed by atoms with Crippen LogP contribution in [0.2, 0.25) is 0 Å². The van der Waals surface area contributed by atoms with Crippen molar-refractivity contribution in [2.24, 2.45) is 5.92 Å². The van der Waals surface area contributed by atoms with E-state index in [-0.39, 0.29) is 12.6 Å². The summed E-state index contributed by atoms with van der Waals surface area (Å²) < 4.78 is 25.7. The molecule has 1 aromatic carbocycles. The highest BCUT2D eigenvalue weighted by Gasteiger charge is 2.54. The summed E-state index contributed by atoms with van der Waals surface area (Å²) >= 11 is 0. The molecule has 27 heavy (non-hydrogen) atoms. The largest absolute Gasteiger partial charge is 0.454 e. The average molecular weight is 367 g/mol. The minimum atomic E-state index is -0.223. The number of piperidine rings is 3. The van der Waals surface area contributed by atoms with Gasteiger partial charge in [-0.25, -0.2) is 9.37 Å². The molecule has 4 fully saturated rings. The van der Waals surface area contributed by atoms with Gasteiger partial charge in [0.15, 0.2) is 23.1 Å². The van der Waals surface area contributed by atoms with Crippen molar-refractivity contribution >= 4 is 5.82 Å². The van der Waals surface area contributed by atoms with Gasteiger partial charge in [-0.15, -0.1) is 0 Å². The zero-order valence-electron chi connectivity index (χ0n) is 15.1. The summed E-state index contributed by atoms with van der Waals surface area (Å²) in [7, 11) is 0. The lowest BCUT2D eigenvalue weighted by Crippen LogP contribution is -2.60. The van der Waals surface area contributed by atoms with Crippen LogP contribution in [0.15, 0.2) is 36.5 Å². The fourth-order valence-electron chi connectivity index (χ4n) is 5.69. The minimum Gasteiger partial charge on any atom is -0.454 e. The van der Waals surface area contributed by atoms with Gasteiger partial charge in [0.2, 0.25) is 6.79 Å². The lowest BCUT2D eigenvalue weighted by Gasteiger charge is -2.51. The van der Waals surface area contributed by atoms with Gasteiger partial charge in [0.1, 0.15) is 0 Å². The van der Waals surface area contributed by atoms with E-state index < -0.39 is 0 Å². The standard InChI is InChI=1S/C21H22FN3O2/c22-16-2-1-7-23-21(16)25-11-15(14-3-4-17-18(10-14)27-12-26-17)20-19(25)13-5-8-24(20)9-6-13/h1-4,7,10,13,15,19-20H,5-6,8-9,11-12H2/t15-,19+,20+/m0/s1. The quantitative estimate of drug-likeness (QED) is 0.816. The number of halogens is 1. The van der Waals surface area contributed by atoms with E-state index in [1.54, 1.807) is 12.3 Å². The smallest absolute Gasteiger partial charge is 0.231 e. The maximum atomic E-state index is 14.6. The van der Waals surface area contributed by atoms with E-state index in [0.717, 1.165) is 31.1 Å². The highest BCUT2D eigenvalue weighted by molar-refractivity contribution is 5.51. The number of hydrogen-bond donors (Lipinski definition) is 0. The third kappa shape index (κ3) is 2.29. The topological polar surface area (TPSA) is 37.8 Å². The van der Waals surface area contributed by atoms with Crippen LogP contribution in [0.25, 0.3) is 0 Å². The van der Waals surface area contributed by atoms with Crippen LogP contribution >= 0.6 is 0 Å². The Morgan fingerprint density at radius 2 is 1.89 bits per heavy atom. The molecule has 5 aliphatic heterocycles. The van der Waals surface area contributed by atoms with Crippen LogP contribution in [0, 0.1) is 11.7 Å². The summed E-state index contributed by atoms with van der Waals surface area (Å²) in [4.78, 5) is 9.26. The maximum Gasteiger partial charge on any atom is 0.231 e. The van der Waals surface area contributed by atoms with Gasteiger partial charge in [0.05, 0.1) is 0 Å².